The van der Waals surface area contributed by atoms with E-state index in [0.29, 0.717) is 34.9 Å². The van der Waals surface area contributed by atoms with Gasteiger partial charge in [-0.05, 0) is 69.5 Å². The first-order valence-corrected chi connectivity index (χ1v) is 14.1. The summed E-state index contributed by atoms with van der Waals surface area (Å²) in [5.74, 6) is 0.731. The molecule has 1 N–H and O–H groups in total. The molecular formula is C33H36N2O7. The maximum atomic E-state index is 15.0. The lowest BCUT2D eigenvalue weighted by Crippen LogP contribution is -2.61. The lowest BCUT2D eigenvalue weighted by molar-refractivity contribution is -0.127. The van der Waals surface area contributed by atoms with Crippen molar-refractivity contribution in [3.05, 3.63) is 89.5 Å². The Morgan fingerprint density at radius 1 is 1.02 bits per heavy atom. The topological polar surface area (TPSA) is 97.8 Å². The van der Waals surface area contributed by atoms with Crippen LogP contribution in [0.3, 0.4) is 0 Å². The van der Waals surface area contributed by atoms with Gasteiger partial charge in [0.15, 0.2) is 11.5 Å². The van der Waals surface area contributed by atoms with Crippen LogP contribution in [0.2, 0.25) is 0 Å². The number of carbonyl (C=O) groups is 2. The number of amides is 2. The number of rotatable bonds is 5. The number of fused-ring (bicyclic) bond motifs is 2. The van der Waals surface area contributed by atoms with Crippen LogP contribution in [0.25, 0.3) is 0 Å². The lowest BCUT2D eigenvalue weighted by Gasteiger charge is -2.42. The highest BCUT2D eigenvalue weighted by Gasteiger charge is 2.62. The molecule has 0 unspecified atom stereocenters. The van der Waals surface area contributed by atoms with Gasteiger partial charge in [0.05, 0.1) is 25.3 Å². The summed E-state index contributed by atoms with van der Waals surface area (Å²) in [6.45, 7) is 9.24. The fourth-order valence-electron chi connectivity index (χ4n) is 6.30. The van der Waals surface area contributed by atoms with E-state index in [2.05, 4.69) is 0 Å². The highest BCUT2D eigenvalue weighted by atomic mass is 16.7. The van der Waals surface area contributed by atoms with Crippen molar-refractivity contribution in [3.63, 3.8) is 0 Å². The van der Waals surface area contributed by atoms with Gasteiger partial charge in [-0.15, -0.1) is 0 Å². The number of anilines is 1. The molecule has 6 rings (SSSR count). The van der Waals surface area contributed by atoms with E-state index in [1.807, 2.05) is 54.6 Å². The Bertz CT molecular complexity index is 1520. The molecule has 3 aliphatic heterocycles. The molecule has 220 valence electrons. The first-order chi connectivity index (χ1) is 19.9. The number of hydrogen-bond donors (Lipinski definition) is 1. The van der Waals surface area contributed by atoms with Gasteiger partial charge in [0, 0.05) is 5.69 Å². The summed E-state index contributed by atoms with van der Waals surface area (Å²) in [7, 11) is 0. The summed E-state index contributed by atoms with van der Waals surface area (Å²) in [4.78, 5) is 31.7. The average molecular weight is 573 g/mol. The third-order valence-corrected chi connectivity index (χ3v) is 8.13. The Kier molecular flexibility index (Phi) is 6.70. The van der Waals surface area contributed by atoms with Crippen molar-refractivity contribution in [2.75, 3.05) is 18.3 Å². The quantitative estimate of drug-likeness (QED) is 0.461. The zero-order valence-electron chi connectivity index (χ0n) is 24.5. The summed E-state index contributed by atoms with van der Waals surface area (Å²) >= 11 is 0. The zero-order chi connectivity index (χ0) is 29.9. The van der Waals surface area contributed by atoms with Crippen LogP contribution in [0.1, 0.15) is 51.3 Å². The van der Waals surface area contributed by atoms with Crippen molar-refractivity contribution in [2.45, 2.75) is 70.1 Å². The molecule has 1 fully saturated rings. The van der Waals surface area contributed by atoms with Gasteiger partial charge in [-0.3, -0.25) is 9.69 Å². The maximum Gasteiger partial charge on any atom is 0.412 e. The monoisotopic (exact) mass is 572 g/mol. The van der Waals surface area contributed by atoms with Crippen molar-refractivity contribution in [3.8, 4) is 11.5 Å². The molecule has 3 aliphatic rings. The number of benzene rings is 3. The summed E-state index contributed by atoms with van der Waals surface area (Å²) in [5.41, 5.74) is -0.673. The minimum absolute atomic E-state index is 0.00778. The molecule has 2 amide bonds. The van der Waals surface area contributed by atoms with Gasteiger partial charge in [0.2, 0.25) is 12.7 Å². The SMILES string of the molecule is CC(C)(C)OC(=O)N1[C@H]([C@H](O)[C@]2(c3ccc4c(c3)OCO4)C(=O)N(Cc3ccccc3)c3ccccc32)COC1(C)C. The van der Waals surface area contributed by atoms with Gasteiger partial charge in [-0.25, -0.2) is 4.79 Å². The molecule has 0 saturated carbocycles. The van der Waals surface area contributed by atoms with E-state index < -0.39 is 35.0 Å². The van der Waals surface area contributed by atoms with E-state index in [1.165, 1.54) is 4.90 Å². The Hall–Kier alpha value is -4.08. The first-order valence-electron chi connectivity index (χ1n) is 14.1. The Morgan fingerprint density at radius 3 is 2.45 bits per heavy atom. The maximum absolute atomic E-state index is 15.0. The number of carbonyl (C=O) groups excluding carboxylic acids is 2. The van der Waals surface area contributed by atoms with E-state index in [9.17, 15) is 14.7 Å². The van der Waals surface area contributed by atoms with E-state index in [4.69, 9.17) is 18.9 Å². The summed E-state index contributed by atoms with van der Waals surface area (Å²) in [5, 5.41) is 12.6. The summed E-state index contributed by atoms with van der Waals surface area (Å²) < 4.78 is 23.1. The van der Waals surface area contributed by atoms with Crippen LogP contribution < -0.4 is 14.4 Å². The molecule has 3 aromatic carbocycles. The van der Waals surface area contributed by atoms with Crippen LogP contribution in [0.4, 0.5) is 10.5 Å². The van der Waals surface area contributed by atoms with Crippen molar-refractivity contribution >= 4 is 17.7 Å². The van der Waals surface area contributed by atoms with Crippen LogP contribution in [-0.4, -0.2) is 58.9 Å². The number of aliphatic hydroxyl groups excluding tert-OH is 1. The molecule has 0 aliphatic carbocycles. The molecular weight excluding hydrogens is 536 g/mol. The average Bonchev–Trinajstić information content (AvgIpc) is 3.61. The van der Waals surface area contributed by atoms with Crippen LogP contribution in [0.15, 0.2) is 72.8 Å². The normalized spacial score (nSPS) is 23.2. The second-order valence-corrected chi connectivity index (χ2v) is 12.4. The molecule has 3 aromatic rings. The molecule has 42 heavy (non-hydrogen) atoms. The summed E-state index contributed by atoms with van der Waals surface area (Å²) in [6, 6.07) is 21.6. The van der Waals surface area contributed by atoms with Gasteiger partial charge in [-0.1, -0.05) is 54.6 Å². The second kappa shape index (κ2) is 10.0. The standard InChI is InChI=1S/C33H36N2O7/c1-31(2,3)42-30(38)35-25(19-41-32(35,4)5)28(36)33(22-15-16-26-27(17-22)40-20-39-26)23-13-9-10-14-24(23)34(29(33)37)18-21-11-7-6-8-12-21/h6-17,25,28,36H,18-20H2,1-5H3/t25-,28-,33+/m0/s1. The van der Waals surface area contributed by atoms with Crippen molar-refractivity contribution < 1.29 is 33.6 Å². The lowest BCUT2D eigenvalue weighted by atomic mass is 9.68. The van der Waals surface area contributed by atoms with Crippen molar-refractivity contribution in [2.24, 2.45) is 0 Å². The number of aliphatic hydroxyl groups is 1. The van der Waals surface area contributed by atoms with Gasteiger partial charge >= 0.3 is 6.09 Å². The third-order valence-electron chi connectivity index (χ3n) is 8.13. The first kappa shape index (κ1) is 28.1. The van der Waals surface area contributed by atoms with Crippen molar-refractivity contribution in [1.82, 2.24) is 4.90 Å². The zero-order valence-corrected chi connectivity index (χ0v) is 24.5. The van der Waals surface area contributed by atoms with Crippen LogP contribution >= 0.6 is 0 Å². The van der Waals surface area contributed by atoms with E-state index in [1.54, 1.807) is 57.7 Å². The van der Waals surface area contributed by atoms with E-state index in [0.717, 1.165) is 5.56 Å². The molecule has 3 atom stereocenters. The Labute approximate surface area is 245 Å². The number of hydrogen-bond acceptors (Lipinski definition) is 7. The highest BCUT2D eigenvalue weighted by molar-refractivity contribution is 6.11. The largest absolute Gasteiger partial charge is 0.454 e. The smallest absolute Gasteiger partial charge is 0.412 e. The summed E-state index contributed by atoms with van der Waals surface area (Å²) in [6.07, 6.45) is -2.05. The molecule has 9 nitrogen and oxygen atoms in total. The molecule has 0 bridgehead atoms. The molecule has 9 heteroatoms. The molecule has 1 saturated heterocycles. The van der Waals surface area contributed by atoms with Crippen LogP contribution in [0.5, 0.6) is 11.5 Å². The minimum atomic E-state index is -1.60. The van der Waals surface area contributed by atoms with E-state index >= 15 is 0 Å². The van der Waals surface area contributed by atoms with Gasteiger partial charge in [-0.2, -0.15) is 0 Å². The second-order valence-electron chi connectivity index (χ2n) is 12.4. The predicted molar refractivity (Wildman–Crippen MR) is 155 cm³/mol. The molecule has 0 aromatic heterocycles. The van der Waals surface area contributed by atoms with Gasteiger partial charge in [0.1, 0.15) is 16.7 Å². The fourth-order valence-corrected chi connectivity index (χ4v) is 6.30. The fraction of sp³-hybridized carbons (Fsp3) is 0.394. The Morgan fingerprint density at radius 2 is 1.71 bits per heavy atom. The minimum Gasteiger partial charge on any atom is -0.454 e. The predicted octanol–water partition coefficient (Wildman–Crippen LogP) is 4.98. The molecule has 0 radical (unpaired) electrons. The Balaban J connectivity index is 1.53. The highest BCUT2D eigenvalue weighted by Crippen LogP contribution is 2.52. The van der Waals surface area contributed by atoms with Crippen molar-refractivity contribution in [1.29, 1.82) is 0 Å². The van der Waals surface area contributed by atoms with Gasteiger partial charge < -0.3 is 29.0 Å². The number of ether oxygens (including phenoxy) is 4. The van der Waals surface area contributed by atoms with E-state index in [-0.39, 0.29) is 19.3 Å². The number of para-hydroxylation sites is 1. The van der Waals surface area contributed by atoms with Crippen LogP contribution in [0, 0.1) is 0 Å². The third kappa shape index (κ3) is 4.48. The van der Waals surface area contributed by atoms with Crippen LogP contribution in [-0.2, 0) is 26.2 Å². The van der Waals surface area contributed by atoms with Gasteiger partial charge in [0.25, 0.3) is 0 Å². The number of nitrogens with zero attached hydrogens (tertiary/aromatic N) is 2. The molecule has 0 spiro atoms. The molecule has 3 heterocycles.